The molecule has 0 bridgehead atoms. The molecule has 0 saturated carbocycles. The van der Waals surface area contributed by atoms with Gasteiger partial charge < -0.3 is 9.88 Å². The summed E-state index contributed by atoms with van der Waals surface area (Å²) in [7, 11) is 1.86. The number of amides is 1. The van der Waals surface area contributed by atoms with Crippen molar-refractivity contribution in [2.24, 2.45) is 7.05 Å². The molecule has 0 aromatic carbocycles. The average Bonchev–Trinajstić information content (AvgIpc) is 3.25. The van der Waals surface area contributed by atoms with Crippen molar-refractivity contribution in [3.63, 3.8) is 0 Å². The normalized spacial score (nSPS) is 10.8. The minimum Gasteiger partial charge on any atom is -0.307 e. The summed E-state index contributed by atoms with van der Waals surface area (Å²) in [6.45, 7) is 0. The summed E-state index contributed by atoms with van der Waals surface area (Å²) in [5.41, 5.74) is 2.05. The maximum absolute atomic E-state index is 12.0. The van der Waals surface area contributed by atoms with Gasteiger partial charge in [-0.25, -0.2) is 4.98 Å². The van der Waals surface area contributed by atoms with Gasteiger partial charge in [0.15, 0.2) is 9.90 Å². The fourth-order valence-electron chi connectivity index (χ4n) is 2.02. The standard InChI is InChI=1S/C14H15N5OS3/c1-19-11(17-18-14(19)21)6-10-8-23-13(15-10)16-12(20)3-2-9-4-5-22-7-9/h4-5,7-8H,2-3,6H2,1H3,(H,18,21)(H,15,16,20). The summed E-state index contributed by atoms with van der Waals surface area (Å²) in [5, 5.41) is 16.4. The molecular formula is C14H15N5OS3. The summed E-state index contributed by atoms with van der Waals surface area (Å²) in [6.07, 6.45) is 1.78. The third-order valence-corrected chi connectivity index (χ3v) is 5.23. The second-order valence-electron chi connectivity index (χ2n) is 5.00. The zero-order chi connectivity index (χ0) is 16.2. The van der Waals surface area contributed by atoms with E-state index in [2.05, 4.69) is 25.9 Å². The molecule has 1 amide bonds. The molecule has 9 heteroatoms. The Balaban J connectivity index is 1.55. The molecule has 2 N–H and O–H groups in total. The van der Waals surface area contributed by atoms with Crippen LogP contribution in [0.5, 0.6) is 0 Å². The number of rotatable bonds is 6. The number of nitrogens with one attached hydrogen (secondary N) is 2. The Morgan fingerprint density at radius 3 is 3.04 bits per heavy atom. The summed E-state index contributed by atoms with van der Waals surface area (Å²) < 4.78 is 2.39. The highest BCUT2D eigenvalue weighted by molar-refractivity contribution is 7.71. The van der Waals surface area contributed by atoms with E-state index < -0.39 is 0 Å². The minimum absolute atomic E-state index is 0.0183. The van der Waals surface area contributed by atoms with Crippen molar-refractivity contribution in [1.82, 2.24) is 19.7 Å². The zero-order valence-electron chi connectivity index (χ0n) is 12.4. The van der Waals surface area contributed by atoms with Gasteiger partial charge >= 0.3 is 0 Å². The molecule has 0 aliphatic carbocycles. The van der Waals surface area contributed by atoms with Crippen LogP contribution in [0.2, 0.25) is 0 Å². The van der Waals surface area contributed by atoms with Gasteiger partial charge in [0.2, 0.25) is 5.91 Å². The number of carbonyl (C=O) groups is 1. The number of carbonyl (C=O) groups excluding carboxylic acids is 1. The first-order chi connectivity index (χ1) is 11.1. The van der Waals surface area contributed by atoms with Gasteiger partial charge in [0.25, 0.3) is 0 Å². The smallest absolute Gasteiger partial charge is 0.226 e. The van der Waals surface area contributed by atoms with Crippen LogP contribution >= 0.6 is 34.9 Å². The molecule has 3 aromatic rings. The topological polar surface area (TPSA) is 75.6 Å². The summed E-state index contributed by atoms with van der Waals surface area (Å²) in [4.78, 5) is 16.4. The molecular weight excluding hydrogens is 350 g/mol. The van der Waals surface area contributed by atoms with Crippen LogP contribution in [0.4, 0.5) is 5.13 Å². The van der Waals surface area contributed by atoms with Crippen LogP contribution < -0.4 is 5.32 Å². The number of aromatic amines is 1. The van der Waals surface area contributed by atoms with Gasteiger partial charge in [0, 0.05) is 18.8 Å². The Hall–Kier alpha value is -1.84. The molecule has 120 valence electrons. The van der Waals surface area contributed by atoms with E-state index >= 15 is 0 Å². The summed E-state index contributed by atoms with van der Waals surface area (Å²) in [5.74, 6) is 0.797. The van der Waals surface area contributed by atoms with Gasteiger partial charge in [0.1, 0.15) is 5.82 Å². The highest BCUT2D eigenvalue weighted by atomic mass is 32.1. The number of aryl methyl sites for hydroxylation is 1. The van der Waals surface area contributed by atoms with Gasteiger partial charge in [-0.3, -0.25) is 9.89 Å². The maximum atomic E-state index is 12.0. The number of H-pyrrole nitrogens is 1. The lowest BCUT2D eigenvalue weighted by Gasteiger charge is -2.00. The van der Waals surface area contributed by atoms with E-state index in [1.54, 1.807) is 11.3 Å². The number of anilines is 1. The number of hydrogen-bond acceptors (Lipinski definition) is 6. The van der Waals surface area contributed by atoms with Crippen LogP contribution in [-0.4, -0.2) is 25.7 Å². The molecule has 0 spiro atoms. The monoisotopic (exact) mass is 365 g/mol. The molecule has 0 fully saturated rings. The molecule has 0 unspecified atom stereocenters. The molecule has 0 atom stereocenters. The first kappa shape index (κ1) is 16.0. The van der Waals surface area contributed by atoms with Crippen molar-refractivity contribution in [2.45, 2.75) is 19.3 Å². The van der Waals surface area contributed by atoms with Crippen molar-refractivity contribution >= 4 is 45.9 Å². The Labute approximate surface area is 146 Å². The molecule has 0 aliphatic rings. The van der Waals surface area contributed by atoms with E-state index in [-0.39, 0.29) is 5.91 Å². The zero-order valence-corrected chi connectivity index (χ0v) is 14.9. The Morgan fingerprint density at radius 2 is 2.35 bits per heavy atom. The van der Waals surface area contributed by atoms with E-state index in [1.165, 1.54) is 16.9 Å². The van der Waals surface area contributed by atoms with E-state index in [0.29, 0.717) is 22.7 Å². The van der Waals surface area contributed by atoms with Crippen LogP contribution in [0.25, 0.3) is 0 Å². The lowest BCUT2D eigenvalue weighted by Crippen LogP contribution is -2.12. The minimum atomic E-state index is -0.0183. The molecule has 3 aromatic heterocycles. The Kier molecular flexibility index (Phi) is 4.99. The summed E-state index contributed by atoms with van der Waals surface area (Å²) in [6, 6.07) is 2.04. The Bertz CT molecular complexity index is 846. The molecule has 0 aliphatic heterocycles. The van der Waals surface area contributed by atoms with Gasteiger partial charge in [0.05, 0.1) is 12.1 Å². The van der Waals surface area contributed by atoms with E-state index in [4.69, 9.17) is 12.2 Å². The van der Waals surface area contributed by atoms with Gasteiger partial charge in [-0.2, -0.15) is 16.4 Å². The van der Waals surface area contributed by atoms with Crippen LogP contribution in [0.15, 0.2) is 22.2 Å². The highest BCUT2D eigenvalue weighted by Crippen LogP contribution is 2.18. The largest absolute Gasteiger partial charge is 0.307 e. The van der Waals surface area contributed by atoms with Crippen molar-refractivity contribution in [2.75, 3.05) is 5.32 Å². The fourth-order valence-corrected chi connectivity index (χ4v) is 3.60. The van der Waals surface area contributed by atoms with Crippen LogP contribution in [-0.2, 0) is 24.7 Å². The predicted octanol–water partition coefficient (Wildman–Crippen LogP) is 3.16. The van der Waals surface area contributed by atoms with Crippen molar-refractivity contribution < 1.29 is 4.79 Å². The maximum Gasteiger partial charge on any atom is 0.226 e. The quantitative estimate of drug-likeness (QED) is 0.658. The van der Waals surface area contributed by atoms with Crippen molar-refractivity contribution in [3.8, 4) is 0 Å². The molecule has 3 rings (SSSR count). The number of thiophene rings is 1. The number of thiazole rings is 1. The SMILES string of the molecule is Cn1c(Cc2csc(NC(=O)CCc3ccsc3)n2)n[nH]c1=S. The van der Waals surface area contributed by atoms with Gasteiger partial charge in [-0.05, 0) is 41.0 Å². The molecule has 0 saturated heterocycles. The lowest BCUT2D eigenvalue weighted by atomic mass is 10.2. The van der Waals surface area contributed by atoms with E-state index in [0.717, 1.165) is 17.9 Å². The number of aromatic nitrogens is 4. The third kappa shape index (κ3) is 4.12. The Morgan fingerprint density at radius 1 is 1.48 bits per heavy atom. The van der Waals surface area contributed by atoms with Crippen LogP contribution in [0.1, 0.15) is 23.5 Å². The first-order valence-electron chi connectivity index (χ1n) is 6.97. The van der Waals surface area contributed by atoms with Crippen molar-refractivity contribution in [3.05, 3.63) is 44.1 Å². The molecule has 23 heavy (non-hydrogen) atoms. The highest BCUT2D eigenvalue weighted by Gasteiger charge is 2.10. The van der Waals surface area contributed by atoms with E-state index in [1.807, 2.05) is 28.4 Å². The summed E-state index contributed by atoms with van der Waals surface area (Å²) >= 11 is 8.15. The van der Waals surface area contributed by atoms with Gasteiger partial charge in [-0.15, -0.1) is 11.3 Å². The van der Waals surface area contributed by atoms with E-state index in [9.17, 15) is 4.79 Å². The molecule has 3 heterocycles. The number of nitrogens with zero attached hydrogens (tertiary/aromatic N) is 3. The lowest BCUT2D eigenvalue weighted by molar-refractivity contribution is -0.116. The second kappa shape index (κ2) is 7.16. The predicted molar refractivity (Wildman–Crippen MR) is 94.6 cm³/mol. The first-order valence-corrected chi connectivity index (χ1v) is 9.20. The van der Waals surface area contributed by atoms with Crippen molar-refractivity contribution in [1.29, 1.82) is 0 Å². The van der Waals surface area contributed by atoms with Crippen LogP contribution in [0, 0.1) is 4.77 Å². The average molecular weight is 366 g/mol. The fraction of sp³-hybridized carbons (Fsp3) is 0.286. The molecule has 6 nitrogen and oxygen atoms in total. The molecule has 0 radical (unpaired) electrons. The number of hydrogen-bond donors (Lipinski definition) is 2. The van der Waals surface area contributed by atoms with Gasteiger partial charge in [-0.1, -0.05) is 0 Å². The second-order valence-corrected chi connectivity index (χ2v) is 7.03. The van der Waals surface area contributed by atoms with Crippen LogP contribution in [0.3, 0.4) is 0 Å². The third-order valence-electron chi connectivity index (χ3n) is 3.33.